The Morgan fingerprint density at radius 3 is 2.50 bits per heavy atom. The van der Waals surface area contributed by atoms with Crippen molar-refractivity contribution in [3.05, 3.63) is 46.3 Å². The van der Waals surface area contributed by atoms with E-state index in [1.807, 2.05) is 0 Å². The second-order valence-corrected chi connectivity index (χ2v) is 2.90. The Morgan fingerprint density at radius 2 is 2.00 bits per heavy atom. The first-order valence-corrected chi connectivity index (χ1v) is 4.36. The summed E-state index contributed by atoms with van der Waals surface area (Å²) in [5.41, 5.74) is 0.331. The number of hydrogen-bond acceptors (Lipinski definition) is 6. The predicted octanol–water partition coefficient (Wildman–Crippen LogP) is 0.867. The molecule has 0 atom stereocenters. The molecule has 0 N–H and O–H groups in total. The largest absolute Gasteiger partial charge is 0.542 e. The highest BCUT2D eigenvalue weighted by Gasteiger charge is 2.16. The van der Waals surface area contributed by atoms with E-state index >= 15 is 0 Å². The van der Waals surface area contributed by atoms with Crippen LogP contribution < -0.4 is 10.6 Å². The van der Waals surface area contributed by atoms with Gasteiger partial charge in [-0.05, 0) is 29.4 Å². The summed E-state index contributed by atoms with van der Waals surface area (Å²) in [6.45, 7) is 0. The van der Waals surface area contributed by atoms with Crippen LogP contribution in [0.5, 0.6) is 5.75 Å². The van der Waals surface area contributed by atoms with Crippen molar-refractivity contribution in [3.63, 3.8) is 0 Å². The number of hydrogen-bond donors (Lipinski definition) is 0. The van der Waals surface area contributed by atoms with E-state index in [9.17, 15) is 9.59 Å². The average molecular weight is 221 g/mol. The van der Waals surface area contributed by atoms with Crippen LogP contribution in [0, 0.1) is 0 Å². The third-order valence-electron chi connectivity index (χ3n) is 1.93. The lowest BCUT2D eigenvalue weighted by molar-refractivity contribution is 0.100. The van der Waals surface area contributed by atoms with E-state index in [-0.39, 0.29) is 5.89 Å². The summed E-state index contributed by atoms with van der Waals surface area (Å²) in [4.78, 5) is 22.2. The Hall–Kier alpha value is -2.37. The number of ketones is 1. The maximum atomic E-state index is 11.7. The zero-order valence-corrected chi connectivity index (χ0v) is 8.30. The molecule has 0 saturated carbocycles. The third kappa shape index (κ3) is 1.85. The van der Waals surface area contributed by atoms with Crippen LogP contribution >= 0.6 is 0 Å². The number of ether oxygens (including phenoxy) is 1. The van der Waals surface area contributed by atoms with E-state index in [0.717, 1.165) is 0 Å². The van der Waals surface area contributed by atoms with Gasteiger partial charge in [0.1, 0.15) is 5.75 Å². The van der Waals surface area contributed by atoms with Gasteiger partial charge in [0.25, 0.3) is 5.78 Å². The molecule has 2 rings (SSSR count). The van der Waals surface area contributed by atoms with Gasteiger partial charge in [-0.25, -0.2) is 4.79 Å². The summed E-state index contributed by atoms with van der Waals surface area (Å²) in [6, 6.07) is 6.31. The fraction of sp³-hybridized carbons (Fsp3) is 0.100. The smallest absolute Gasteiger partial charge is 0.497 e. The van der Waals surface area contributed by atoms with Crippen LogP contribution in [-0.4, -0.2) is 18.0 Å². The van der Waals surface area contributed by atoms with Gasteiger partial charge in [0.15, 0.2) is 0 Å². The number of carbonyl (C=O) groups is 1. The molecule has 0 bridgehead atoms. The highest BCUT2D eigenvalue weighted by atomic mass is 16.6. The number of rotatable bonds is 3. The number of carbonyl (C=O) groups excluding carboxylic acids is 1. The van der Waals surface area contributed by atoms with Crippen molar-refractivity contribution in [2.24, 2.45) is 0 Å². The topological polar surface area (TPSA) is 82.5 Å². The van der Waals surface area contributed by atoms with E-state index in [0.29, 0.717) is 11.3 Å². The zero-order chi connectivity index (χ0) is 11.5. The van der Waals surface area contributed by atoms with Crippen LogP contribution in [0.3, 0.4) is 0 Å². The highest BCUT2D eigenvalue weighted by molar-refractivity contribution is 6.05. The molecule has 6 heteroatoms. The first kappa shape index (κ1) is 10.2. The van der Waals surface area contributed by atoms with Crippen LogP contribution in [-0.2, 0) is 0 Å². The quantitative estimate of drug-likeness (QED) is 0.715. The molecule has 0 fully saturated rings. The summed E-state index contributed by atoms with van der Waals surface area (Å²) in [7, 11) is 1.52. The van der Waals surface area contributed by atoms with Gasteiger partial charge in [-0.3, -0.25) is 9.32 Å². The van der Waals surface area contributed by atoms with Gasteiger partial charge in [0, 0.05) is 5.56 Å². The Morgan fingerprint density at radius 1 is 1.31 bits per heavy atom. The monoisotopic (exact) mass is 221 g/mol. The lowest BCUT2D eigenvalue weighted by Crippen LogP contribution is -2.01. The lowest BCUT2D eigenvalue weighted by atomic mass is 10.1. The maximum absolute atomic E-state index is 11.7. The molecule has 0 aliphatic rings. The average Bonchev–Trinajstić information content (AvgIpc) is 2.75. The Kier molecular flexibility index (Phi) is 2.55. The van der Waals surface area contributed by atoms with Gasteiger partial charge in [-0.1, -0.05) is 0 Å². The fourth-order valence-corrected chi connectivity index (χ4v) is 1.15. The van der Waals surface area contributed by atoms with E-state index < -0.39 is 11.6 Å². The van der Waals surface area contributed by atoms with E-state index in [4.69, 9.17) is 4.74 Å². The molecule has 6 nitrogen and oxygen atoms in total. The van der Waals surface area contributed by atoms with Crippen LogP contribution in [0.1, 0.15) is 16.2 Å². The van der Waals surface area contributed by atoms with Crippen LogP contribution in [0.25, 0.3) is 0 Å². The lowest BCUT2D eigenvalue weighted by Gasteiger charge is -1.99. The predicted molar refractivity (Wildman–Crippen MR) is 51.5 cm³/mol. The Labute approximate surface area is 89.4 Å². The van der Waals surface area contributed by atoms with Gasteiger partial charge in [0.2, 0.25) is 0 Å². The van der Waals surface area contributed by atoms with E-state index in [1.165, 1.54) is 19.2 Å². The number of nitrogens with zero attached hydrogens (tertiary/aromatic N) is 1. The molecule has 1 heterocycles. The van der Waals surface area contributed by atoms with Gasteiger partial charge < -0.3 is 9.15 Å². The minimum absolute atomic E-state index is 0.331. The highest BCUT2D eigenvalue weighted by Crippen LogP contribution is 2.13. The number of aromatic nitrogens is 1. The molecule has 2 aromatic rings. The molecule has 0 saturated heterocycles. The fourth-order valence-electron chi connectivity index (χ4n) is 1.15. The molecular formula is C10H7NO5. The van der Waals surface area contributed by atoms with Crippen molar-refractivity contribution < 1.29 is 18.5 Å². The van der Waals surface area contributed by atoms with Crippen LogP contribution in [0.2, 0.25) is 0 Å². The summed E-state index contributed by atoms with van der Waals surface area (Å²) in [5.74, 6) is -1.27. The SMILES string of the molecule is COc1ccc(C(=O)c2noc(=O)o2)cc1. The summed E-state index contributed by atoms with van der Waals surface area (Å²) in [5, 5.41) is 3.20. The first-order valence-electron chi connectivity index (χ1n) is 4.36. The molecular weight excluding hydrogens is 214 g/mol. The molecule has 0 aliphatic carbocycles. The Bertz CT molecular complexity index is 551. The first-order chi connectivity index (χ1) is 7.70. The number of methoxy groups -OCH3 is 1. The Balaban J connectivity index is 2.30. The van der Waals surface area contributed by atoms with Crippen molar-refractivity contribution >= 4 is 5.78 Å². The minimum atomic E-state index is -1.00. The second kappa shape index (κ2) is 4.01. The van der Waals surface area contributed by atoms with Gasteiger partial charge in [-0.2, -0.15) is 0 Å². The maximum Gasteiger partial charge on any atom is 0.542 e. The van der Waals surface area contributed by atoms with Crippen molar-refractivity contribution in [1.82, 2.24) is 5.16 Å². The molecule has 0 spiro atoms. The van der Waals surface area contributed by atoms with E-state index in [2.05, 4.69) is 14.1 Å². The van der Waals surface area contributed by atoms with Crippen molar-refractivity contribution in [1.29, 1.82) is 0 Å². The van der Waals surface area contributed by atoms with Gasteiger partial charge >= 0.3 is 11.7 Å². The van der Waals surface area contributed by atoms with Crippen molar-refractivity contribution in [3.8, 4) is 5.75 Å². The molecule has 0 unspecified atom stereocenters. The summed E-state index contributed by atoms with van der Waals surface area (Å²) < 4.78 is 13.5. The standard InChI is InChI=1S/C10H7NO5/c1-14-7-4-2-6(3-5-7)8(12)9-11-16-10(13)15-9/h2-5H,1H3. The molecule has 82 valence electrons. The minimum Gasteiger partial charge on any atom is -0.497 e. The zero-order valence-electron chi connectivity index (χ0n) is 8.30. The molecule has 0 radical (unpaired) electrons. The van der Waals surface area contributed by atoms with E-state index in [1.54, 1.807) is 12.1 Å². The van der Waals surface area contributed by atoms with Gasteiger partial charge in [0.05, 0.1) is 7.11 Å². The van der Waals surface area contributed by atoms with Crippen LogP contribution in [0.4, 0.5) is 0 Å². The molecule has 0 amide bonds. The summed E-state index contributed by atoms with van der Waals surface area (Å²) in [6.07, 6.45) is 0. The normalized spacial score (nSPS) is 10.1. The van der Waals surface area contributed by atoms with Crippen LogP contribution in [0.15, 0.2) is 38.0 Å². The molecule has 1 aromatic heterocycles. The van der Waals surface area contributed by atoms with Crippen molar-refractivity contribution in [2.45, 2.75) is 0 Å². The number of benzene rings is 1. The van der Waals surface area contributed by atoms with Crippen molar-refractivity contribution in [2.75, 3.05) is 7.11 Å². The summed E-state index contributed by atoms with van der Waals surface area (Å²) >= 11 is 0. The molecule has 0 aliphatic heterocycles. The molecule has 1 aromatic carbocycles. The third-order valence-corrected chi connectivity index (χ3v) is 1.93. The molecule has 16 heavy (non-hydrogen) atoms. The second-order valence-electron chi connectivity index (χ2n) is 2.90. The van der Waals surface area contributed by atoms with Gasteiger partial charge in [-0.15, -0.1) is 0 Å².